The number of aliphatic hydroxyl groups excluding tert-OH is 1. The van der Waals surface area contributed by atoms with Gasteiger partial charge >= 0.3 is 0 Å². The Balaban J connectivity index is 2.73. The Labute approximate surface area is 122 Å². The number of hydrogen-bond acceptors (Lipinski definition) is 5. The summed E-state index contributed by atoms with van der Waals surface area (Å²) in [4.78, 5) is 8.69. The maximum absolute atomic E-state index is 9.04. The molecule has 0 aromatic carbocycles. The molecule has 1 atom stereocenters. The zero-order valence-electron chi connectivity index (χ0n) is 12.9. The van der Waals surface area contributed by atoms with Gasteiger partial charge in [0.1, 0.15) is 18.0 Å². The molecule has 20 heavy (non-hydrogen) atoms. The van der Waals surface area contributed by atoms with Gasteiger partial charge in [-0.3, -0.25) is 0 Å². The molecule has 1 aromatic heterocycles. The zero-order valence-corrected chi connectivity index (χ0v) is 12.9. The van der Waals surface area contributed by atoms with Crippen LogP contribution in [0.1, 0.15) is 45.6 Å². The van der Waals surface area contributed by atoms with Gasteiger partial charge in [-0.25, -0.2) is 9.97 Å². The first-order chi connectivity index (χ1) is 9.76. The van der Waals surface area contributed by atoms with Crippen molar-refractivity contribution in [2.24, 2.45) is 5.92 Å². The highest BCUT2D eigenvalue weighted by Gasteiger charge is 2.11. The van der Waals surface area contributed by atoms with Gasteiger partial charge in [0.05, 0.1) is 0 Å². The topological polar surface area (TPSA) is 70.1 Å². The number of rotatable bonds is 10. The van der Waals surface area contributed by atoms with Crippen molar-refractivity contribution in [1.82, 2.24) is 9.97 Å². The van der Waals surface area contributed by atoms with E-state index < -0.39 is 0 Å². The van der Waals surface area contributed by atoms with Crippen molar-refractivity contribution >= 4 is 11.6 Å². The van der Waals surface area contributed by atoms with Gasteiger partial charge in [0.15, 0.2) is 0 Å². The minimum Gasteiger partial charge on any atom is -0.396 e. The van der Waals surface area contributed by atoms with Crippen LogP contribution in [-0.2, 0) is 6.42 Å². The molecular weight excluding hydrogens is 252 g/mol. The minimum atomic E-state index is 0.244. The van der Waals surface area contributed by atoms with E-state index in [9.17, 15) is 0 Å². The molecule has 0 saturated heterocycles. The van der Waals surface area contributed by atoms with E-state index in [-0.39, 0.29) is 6.61 Å². The molecule has 0 amide bonds. The average molecular weight is 280 g/mol. The molecule has 1 unspecified atom stereocenters. The number of hydrogen-bond donors (Lipinski definition) is 3. The summed E-state index contributed by atoms with van der Waals surface area (Å²) in [6.45, 7) is 8.41. The summed E-state index contributed by atoms with van der Waals surface area (Å²) >= 11 is 0. The molecule has 1 heterocycles. The molecule has 3 N–H and O–H groups in total. The van der Waals surface area contributed by atoms with E-state index >= 15 is 0 Å². The Kier molecular flexibility index (Phi) is 7.95. The summed E-state index contributed by atoms with van der Waals surface area (Å²) in [5, 5.41) is 15.8. The summed E-state index contributed by atoms with van der Waals surface area (Å²) in [6, 6.07) is 0. The number of aromatic nitrogens is 2. The molecule has 0 bridgehead atoms. The molecule has 0 saturated carbocycles. The number of nitrogens with one attached hydrogen (secondary N) is 2. The van der Waals surface area contributed by atoms with Crippen LogP contribution in [-0.4, -0.2) is 34.8 Å². The molecule has 0 spiro atoms. The molecule has 0 aliphatic heterocycles. The lowest BCUT2D eigenvalue weighted by Crippen LogP contribution is -2.17. The SMILES string of the molecule is CCCNc1ncnc(NCC(CC)CCO)c1CC. The van der Waals surface area contributed by atoms with Gasteiger partial charge in [0.2, 0.25) is 0 Å². The average Bonchev–Trinajstić information content (AvgIpc) is 2.49. The van der Waals surface area contributed by atoms with Gasteiger partial charge in [0.25, 0.3) is 0 Å². The number of nitrogens with zero attached hydrogens (tertiary/aromatic N) is 2. The normalized spacial score (nSPS) is 12.2. The highest BCUT2D eigenvalue weighted by molar-refractivity contribution is 5.57. The second-order valence-electron chi connectivity index (χ2n) is 5.00. The van der Waals surface area contributed by atoms with Gasteiger partial charge in [-0.2, -0.15) is 0 Å². The van der Waals surface area contributed by atoms with Crippen molar-refractivity contribution in [3.05, 3.63) is 11.9 Å². The lowest BCUT2D eigenvalue weighted by atomic mass is 10.0. The van der Waals surface area contributed by atoms with Crippen molar-refractivity contribution in [2.45, 2.75) is 46.5 Å². The second-order valence-corrected chi connectivity index (χ2v) is 5.00. The molecule has 5 heteroatoms. The van der Waals surface area contributed by atoms with Crippen molar-refractivity contribution < 1.29 is 5.11 Å². The highest BCUT2D eigenvalue weighted by Crippen LogP contribution is 2.21. The first kappa shape index (κ1) is 16.7. The second kappa shape index (κ2) is 9.53. The molecule has 0 aliphatic carbocycles. The lowest BCUT2D eigenvalue weighted by Gasteiger charge is -2.18. The van der Waals surface area contributed by atoms with E-state index in [1.54, 1.807) is 6.33 Å². The minimum absolute atomic E-state index is 0.244. The van der Waals surface area contributed by atoms with Crippen LogP contribution in [0.4, 0.5) is 11.6 Å². The Morgan fingerprint density at radius 2 is 1.85 bits per heavy atom. The fourth-order valence-corrected chi connectivity index (χ4v) is 2.17. The van der Waals surface area contributed by atoms with E-state index in [2.05, 4.69) is 41.4 Å². The van der Waals surface area contributed by atoms with Crippen LogP contribution >= 0.6 is 0 Å². The number of aliphatic hydroxyl groups is 1. The predicted molar refractivity (Wildman–Crippen MR) is 84.2 cm³/mol. The summed E-state index contributed by atoms with van der Waals surface area (Å²) < 4.78 is 0. The summed E-state index contributed by atoms with van der Waals surface area (Å²) in [7, 11) is 0. The van der Waals surface area contributed by atoms with Gasteiger partial charge in [-0.05, 0) is 25.2 Å². The Hall–Kier alpha value is -1.36. The Morgan fingerprint density at radius 3 is 2.40 bits per heavy atom. The maximum atomic E-state index is 9.04. The Bertz CT molecular complexity index is 384. The van der Waals surface area contributed by atoms with Crippen LogP contribution < -0.4 is 10.6 Å². The molecule has 1 aromatic rings. The largest absolute Gasteiger partial charge is 0.396 e. The standard InChI is InChI=1S/C15H28N4O/c1-4-8-16-14-13(6-3)15(19-11-18-14)17-10-12(5-2)7-9-20/h11-12,20H,4-10H2,1-3H3,(H2,16,17,18,19). The van der Waals surface area contributed by atoms with Crippen molar-refractivity contribution in [1.29, 1.82) is 0 Å². The summed E-state index contributed by atoms with van der Waals surface area (Å²) in [5.41, 5.74) is 1.14. The van der Waals surface area contributed by atoms with Gasteiger partial charge in [-0.15, -0.1) is 0 Å². The molecule has 0 radical (unpaired) electrons. The van der Waals surface area contributed by atoms with E-state index in [1.807, 2.05) is 0 Å². The third kappa shape index (κ3) is 4.96. The molecule has 0 fully saturated rings. The van der Waals surface area contributed by atoms with Gasteiger partial charge in [-0.1, -0.05) is 27.2 Å². The third-order valence-corrected chi connectivity index (χ3v) is 3.51. The highest BCUT2D eigenvalue weighted by atomic mass is 16.3. The van der Waals surface area contributed by atoms with E-state index in [1.165, 1.54) is 0 Å². The van der Waals surface area contributed by atoms with E-state index in [0.717, 1.165) is 56.0 Å². The third-order valence-electron chi connectivity index (χ3n) is 3.51. The molecule has 5 nitrogen and oxygen atoms in total. The van der Waals surface area contributed by atoms with Crippen molar-refractivity contribution in [2.75, 3.05) is 30.3 Å². The summed E-state index contributed by atoms with van der Waals surface area (Å²) in [5.74, 6) is 2.33. The molecule has 1 rings (SSSR count). The monoisotopic (exact) mass is 280 g/mol. The quantitative estimate of drug-likeness (QED) is 0.615. The van der Waals surface area contributed by atoms with Crippen LogP contribution in [0.2, 0.25) is 0 Å². The van der Waals surface area contributed by atoms with Crippen LogP contribution in [0.25, 0.3) is 0 Å². The molecule has 114 valence electrons. The zero-order chi connectivity index (χ0) is 14.8. The van der Waals surface area contributed by atoms with E-state index in [0.29, 0.717) is 5.92 Å². The van der Waals surface area contributed by atoms with Crippen LogP contribution in [0.5, 0.6) is 0 Å². The first-order valence-corrected chi connectivity index (χ1v) is 7.69. The van der Waals surface area contributed by atoms with Crippen LogP contribution in [0.15, 0.2) is 6.33 Å². The summed E-state index contributed by atoms with van der Waals surface area (Å²) in [6.07, 6.45) is 5.46. The first-order valence-electron chi connectivity index (χ1n) is 7.69. The maximum Gasteiger partial charge on any atom is 0.134 e. The van der Waals surface area contributed by atoms with Crippen LogP contribution in [0, 0.1) is 5.92 Å². The van der Waals surface area contributed by atoms with Crippen molar-refractivity contribution in [3.8, 4) is 0 Å². The van der Waals surface area contributed by atoms with Gasteiger partial charge < -0.3 is 15.7 Å². The lowest BCUT2D eigenvalue weighted by molar-refractivity contribution is 0.258. The smallest absolute Gasteiger partial charge is 0.134 e. The molecule has 0 aliphatic rings. The fraction of sp³-hybridized carbons (Fsp3) is 0.733. The fourth-order valence-electron chi connectivity index (χ4n) is 2.17. The van der Waals surface area contributed by atoms with Crippen LogP contribution in [0.3, 0.4) is 0 Å². The molecular formula is C15H28N4O. The predicted octanol–water partition coefficient (Wildman–Crippen LogP) is 2.68. The number of anilines is 2. The van der Waals surface area contributed by atoms with Gasteiger partial charge in [0, 0.05) is 25.3 Å². The Morgan fingerprint density at radius 1 is 1.15 bits per heavy atom. The van der Waals surface area contributed by atoms with Crippen molar-refractivity contribution in [3.63, 3.8) is 0 Å². The van der Waals surface area contributed by atoms with E-state index in [4.69, 9.17) is 5.11 Å².